The maximum absolute atomic E-state index is 5.82. The van der Waals surface area contributed by atoms with Crippen molar-refractivity contribution in [3.05, 3.63) is 11.9 Å². The molecule has 78 valence electrons. The molecule has 0 saturated heterocycles. The molecule has 0 amide bonds. The van der Waals surface area contributed by atoms with E-state index in [4.69, 9.17) is 23.7 Å². The second-order valence-corrected chi connectivity index (χ2v) is 5.03. The Kier molecular flexibility index (Phi) is 2.39. The number of nitrogens with one attached hydrogen (secondary N) is 1. The van der Waals surface area contributed by atoms with Gasteiger partial charge in [-0.25, -0.2) is 0 Å². The summed E-state index contributed by atoms with van der Waals surface area (Å²) in [6, 6.07) is 0. The van der Waals surface area contributed by atoms with Crippen LogP contribution in [0.3, 0.4) is 0 Å². The molecule has 14 heavy (non-hydrogen) atoms. The first kappa shape index (κ1) is 9.77. The SMILES string of the molecule is NC(=S)C=C(N)NC12CCC(CC1)C2. The third-order valence-electron chi connectivity index (χ3n) is 3.45. The second kappa shape index (κ2) is 3.42. The van der Waals surface area contributed by atoms with E-state index in [1.165, 1.54) is 32.1 Å². The molecule has 0 unspecified atom stereocenters. The molecular weight excluding hydrogens is 194 g/mol. The molecule has 0 aliphatic heterocycles. The quantitative estimate of drug-likeness (QED) is 0.481. The van der Waals surface area contributed by atoms with Gasteiger partial charge in [0.15, 0.2) is 0 Å². The molecule has 2 aliphatic carbocycles. The van der Waals surface area contributed by atoms with Crippen molar-refractivity contribution in [2.75, 3.05) is 0 Å². The lowest BCUT2D eigenvalue weighted by Crippen LogP contribution is -2.43. The monoisotopic (exact) mass is 211 g/mol. The van der Waals surface area contributed by atoms with Crippen LogP contribution in [-0.4, -0.2) is 10.5 Å². The van der Waals surface area contributed by atoms with Crippen LogP contribution in [0.1, 0.15) is 32.1 Å². The van der Waals surface area contributed by atoms with E-state index in [0.29, 0.717) is 10.8 Å². The van der Waals surface area contributed by atoms with Gasteiger partial charge >= 0.3 is 0 Å². The predicted molar refractivity (Wildman–Crippen MR) is 61.5 cm³/mol. The van der Waals surface area contributed by atoms with E-state index in [2.05, 4.69) is 5.32 Å². The zero-order valence-electron chi connectivity index (χ0n) is 8.25. The topological polar surface area (TPSA) is 64.1 Å². The second-order valence-electron chi connectivity index (χ2n) is 4.55. The predicted octanol–water partition coefficient (Wildman–Crippen LogP) is 0.995. The standard InChI is InChI=1S/C10H17N3S/c11-8(5-9(12)14)13-10-3-1-7(6-10)2-4-10/h5,7,13H,1-4,6,11H2,(H2,12,14). The average Bonchev–Trinajstić information content (AvgIpc) is 2.60. The third-order valence-corrected chi connectivity index (χ3v) is 3.57. The number of fused-ring (bicyclic) bond motifs is 2. The lowest BCUT2D eigenvalue weighted by Gasteiger charge is -2.29. The number of thiocarbonyl (C=S) groups is 1. The Labute approximate surface area is 89.9 Å². The molecule has 0 atom stereocenters. The Hall–Kier alpha value is -0.770. The summed E-state index contributed by atoms with van der Waals surface area (Å²) in [7, 11) is 0. The summed E-state index contributed by atoms with van der Waals surface area (Å²) in [6.45, 7) is 0. The van der Waals surface area contributed by atoms with Gasteiger partial charge in [-0.2, -0.15) is 0 Å². The van der Waals surface area contributed by atoms with Crippen molar-refractivity contribution in [2.24, 2.45) is 17.4 Å². The first-order chi connectivity index (χ1) is 6.60. The molecule has 4 heteroatoms. The van der Waals surface area contributed by atoms with Gasteiger partial charge in [0.05, 0.1) is 10.8 Å². The zero-order valence-corrected chi connectivity index (χ0v) is 9.07. The van der Waals surface area contributed by atoms with Crippen LogP contribution in [0, 0.1) is 5.92 Å². The molecule has 5 N–H and O–H groups in total. The highest BCUT2D eigenvalue weighted by molar-refractivity contribution is 7.80. The molecule has 2 saturated carbocycles. The van der Waals surface area contributed by atoms with Gasteiger partial charge in [0.1, 0.15) is 0 Å². The number of rotatable bonds is 3. The Balaban J connectivity index is 2.00. The zero-order chi connectivity index (χ0) is 10.2. The number of hydrogen-bond acceptors (Lipinski definition) is 3. The highest BCUT2D eigenvalue weighted by atomic mass is 32.1. The van der Waals surface area contributed by atoms with Gasteiger partial charge in [0.2, 0.25) is 0 Å². The molecule has 0 aromatic heterocycles. The molecule has 0 spiro atoms. The van der Waals surface area contributed by atoms with Gasteiger partial charge in [0.25, 0.3) is 0 Å². The van der Waals surface area contributed by atoms with Crippen LogP contribution in [0.2, 0.25) is 0 Å². The maximum atomic E-state index is 5.82. The molecular formula is C10H17N3S. The molecule has 0 aromatic carbocycles. The van der Waals surface area contributed by atoms with Crippen molar-refractivity contribution in [1.82, 2.24) is 5.32 Å². The minimum atomic E-state index is 0.260. The van der Waals surface area contributed by atoms with Gasteiger partial charge in [-0.1, -0.05) is 12.2 Å². The van der Waals surface area contributed by atoms with E-state index in [9.17, 15) is 0 Å². The van der Waals surface area contributed by atoms with Crippen molar-refractivity contribution in [2.45, 2.75) is 37.6 Å². The summed E-state index contributed by atoms with van der Waals surface area (Å²) in [5.74, 6) is 1.54. The fourth-order valence-electron chi connectivity index (χ4n) is 2.86. The van der Waals surface area contributed by atoms with Crippen LogP contribution in [-0.2, 0) is 0 Å². The average molecular weight is 211 g/mol. The maximum Gasteiger partial charge on any atom is 0.0998 e. The van der Waals surface area contributed by atoms with Gasteiger partial charge in [-0.15, -0.1) is 0 Å². The largest absolute Gasteiger partial charge is 0.390 e. The molecule has 0 heterocycles. The summed E-state index contributed by atoms with van der Waals surface area (Å²) in [6.07, 6.45) is 8.06. The smallest absolute Gasteiger partial charge is 0.0998 e. The van der Waals surface area contributed by atoms with Crippen LogP contribution in [0.5, 0.6) is 0 Å². The van der Waals surface area contributed by atoms with Crippen molar-refractivity contribution in [3.63, 3.8) is 0 Å². The van der Waals surface area contributed by atoms with Crippen molar-refractivity contribution >= 4 is 17.2 Å². The van der Waals surface area contributed by atoms with Crippen LogP contribution < -0.4 is 16.8 Å². The summed E-state index contributed by atoms with van der Waals surface area (Å²) in [5, 5.41) is 3.39. The van der Waals surface area contributed by atoms with Gasteiger partial charge in [-0.3, -0.25) is 0 Å². The summed E-state index contributed by atoms with van der Waals surface area (Å²) in [5.41, 5.74) is 11.5. The molecule has 2 aliphatic rings. The van der Waals surface area contributed by atoms with Crippen molar-refractivity contribution in [3.8, 4) is 0 Å². The van der Waals surface area contributed by atoms with Crippen LogP contribution in [0.15, 0.2) is 11.9 Å². The number of nitrogens with two attached hydrogens (primary N) is 2. The van der Waals surface area contributed by atoms with Crippen molar-refractivity contribution < 1.29 is 0 Å². The van der Waals surface area contributed by atoms with E-state index in [1.807, 2.05) is 0 Å². The third kappa shape index (κ3) is 1.85. The Bertz CT molecular complexity index is 277. The van der Waals surface area contributed by atoms with E-state index in [0.717, 1.165) is 5.92 Å². The molecule has 3 nitrogen and oxygen atoms in total. The summed E-state index contributed by atoms with van der Waals surface area (Å²) >= 11 is 4.78. The van der Waals surface area contributed by atoms with Gasteiger partial charge < -0.3 is 16.8 Å². The number of hydrogen-bond donors (Lipinski definition) is 3. The lowest BCUT2D eigenvalue weighted by molar-refractivity contribution is 0.355. The normalized spacial score (nSPS) is 36.0. The Morgan fingerprint density at radius 1 is 1.36 bits per heavy atom. The molecule has 2 bridgehead atoms. The minimum Gasteiger partial charge on any atom is -0.390 e. The van der Waals surface area contributed by atoms with Gasteiger partial charge in [-0.05, 0) is 38.0 Å². The highest BCUT2D eigenvalue weighted by Gasteiger charge is 2.44. The van der Waals surface area contributed by atoms with E-state index in [-0.39, 0.29) is 5.54 Å². The van der Waals surface area contributed by atoms with Gasteiger partial charge in [0, 0.05) is 11.6 Å². The summed E-state index contributed by atoms with van der Waals surface area (Å²) in [4.78, 5) is 0.346. The Morgan fingerprint density at radius 2 is 2.00 bits per heavy atom. The van der Waals surface area contributed by atoms with E-state index < -0.39 is 0 Å². The van der Waals surface area contributed by atoms with Crippen molar-refractivity contribution in [1.29, 1.82) is 0 Å². The fourth-order valence-corrected chi connectivity index (χ4v) is 2.99. The Morgan fingerprint density at radius 3 is 2.43 bits per heavy atom. The highest BCUT2D eigenvalue weighted by Crippen LogP contribution is 2.47. The molecule has 2 rings (SSSR count). The van der Waals surface area contributed by atoms with E-state index in [1.54, 1.807) is 6.08 Å². The first-order valence-electron chi connectivity index (χ1n) is 5.14. The summed E-state index contributed by atoms with van der Waals surface area (Å²) < 4.78 is 0. The molecule has 0 radical (unpaired) electrons. The van der Waals surface area contributed by atoms with Crippen LogP contribution in [0.25, 0.3) is 0 Å². The fraction of sp³-hybridized carbons (Fsp3) is 0.700. The lowest BCUT2D eigenvalue weighted by atomic mass is 9.94. The molecule has 2 fully saturated rings. The van der Waals surface area contributed by atoms with E-state index >= 15 is 0 Å². The minimum absolute atomic E-state index is 0.260. The molecule has 0 aromatic rings. The van der Waals surface area contributed by atoms with Crippen LogP contribution >= 0.6 is 12.2 Å². The first-order valence-corrected chi connectivity index (χ1v) is 5.55. The van der Waals surface area contributed by atoms with Crippen LogP contribution in [0.4, 0.5) is 0 Å².